The van der Waals surface area contributed by atoms with Gasteiger partial charge >= 0.3 is 0 Å². The number of carbonyl (C=O) groups is 1. The molecule has 0 fully saturated rings. The zero-order chi connectivity index (χ0) is 17.0. The van der Waals surface area contributed by atoms with E-state index < -0.39 is 0 Å². The van der Waals surface area contributed by atoms with E-state index in [4.69, 9.17) is 21.1 Å². The third-order valence-corrected chi connectivity index (χ3v) is 3.57. The number of hydrogen-bond donors (Lipinski definition) is 1. The first kappa shape index (κ1) is 17.0. The van der Waals surface area contributed by atoms with Gasteiger partial charge in [0.1, 0.15) is 0 Å². The van der Waals surface area contributed by atoms with Crippen molar-refractivity contribution in [3.63, 3.8) is 0 Å². The second-order valence-corrected chi connectivity index (χ2v) is 5.49. The third-order valence-electron chi connectivity index (χ3n) is 3.34. The molecule has 0 aromatic heterocycles. The SMILES string of the molecule is COc1cccc(C(=O)Nc2cc(Cl)ccc2N(C)C)c1OC. The molecule has 2 aromatic rings. The average Bonchev–Trinajstić information content (AvgIpc) is 2.53. The minimum absolute atomic E-state index is 0.300. The van der Waals surface area contributed by atoms with E-state index in [1.54, 1.807) is 30.3 Å². The summed E-state index contributed by atoms with van der Waals surface area (Å²) < 4.78 is 10.5. The molecule has 0 aliphatic rings. The summed E-state index contributed by atoms with van der Waals surface area (Å²) in [7, 11) is 6.82. The van der Waals surface area contributed by atoms with Crippen molar-refractivity contribution < 1.29 is 14.3 Å². The van der Waals surface area contributed by atoms with Gasteiger partial charge in [0.25, 0.3) is 5.91 Å². The highest BCUT2D eigenvalue weighted by Gasteiger charge is 2.18. The molecule has 6 heteroatoms. The van der Waals surface area contributed by atoms with Gasteiger partial charge in [0.05, 0.1) is 31.2 Å². The van der Waals surface area contributed by atoms with Gasteiger partial charge in [0.2, 0.25) is 0 Å². The van der Waals surface area contributed by atoms with Crippen LogP contribution in [0, 0.1) is 0 Å². The number of halogens is 1. The first-order valence-electron chi connectivity index (χ1n) is 6.97. The van der Waals surface area contributed by atoms with Crippen LogP contribution in [0.15, 0.2) is 36.4 Å². The number of amides is 1. The summed E-state index contributed by atoms with van der Waals surface area (Å²) in [5, 5.41) is 3.42. The van der Waals surface area contributed by atoms with Crippen LogP contribution >= 0.6 is 11.6 Å². The predicted octanol–water partition coefficient (Wildman–Crippen LogP) is 3.68. The van der Waals surface area contributed by atoms with Crippen molar-refractivity contribution in [2.75, 3.05) is 38.5 Å². The van der Waals surface area contributed by atoms with E-state index in [-0.39, 0.29) is 5.91 Å². The molecule has 5 nitrogen and oxygen atoms in total. The molecule has 0 saturated heterocycles. The first-order valence-corrected chi connectivity index (χ1v) is 7.35. The molecule has 1 N–H and O–H groups in total. The molecule has 2 rings (SSSR count). The molecule has 0 saturated carbocycles. The Hall–Kier alpha value is -2.40. The van der Waals surface area contributed by atoms with E-state index in [1.165, 1.54) is 14.2 Å². The van der Waals surface area contributed by atoms with Crippen molar-refractivity contribution in [2.45, 2.75) is 0 Å². The van der Waals surface area contributed by atoms with Gasteiger partial charge in [-0.15, -0.1) is 0 Å². The second kappa shape index (κ2) is 7.24. The number of para-hydroxylation sites is 1. The van der Waals surface area contributed by atoms with E-state index in [0.29, 0.717) is 27.8 Å². The molecule has 2 aromatic carbocycles. The standard InChI is InChI=1S/C17H19ClN2O3/c1-20(2)14-9-8-11(18)10-13(14)19-17(21)12-6-5-7-15(22-3)16(12)23-4/h5-10H,1-4H3,(H,19,21). The zero-order valence-electron chi connectivity index (χ0n) is 13.5. The molecule has 0 spiro atoms. The maximum Gasteiger partial charge on any atom is 0.259 e. The highest BCUT2D eigenvalue weighted by molar-refractivity contribution is 6.31. The van der Waals surface area contributed by atoms with Crippen LogP contribution in [-0.2, 0) is 0 Å². The third kappa shape index (κ3) is 3.68. The largest absolute Gasteiger partial charge is 0.493 e. The quantitative estimate of drug-likeness (QED) is 0.906. The average molecular weight is 335 g/mol. The van der Waals surface area contributed by atoms with Crippen LogP contribution in [0.4, 0.5) is 11.4 Å². The molecule has 1 amide bonds. The van der Waals surface area contributed by atoms with Crippen LogP contribution in [0.25, 0.3) is 0 Å². The lowest BCUT2D eigenvalue weighted by atomic mass is 10.1. The summed E-state index contributed by atoms with van der Waals surface area (Å²) in [5.41, 5.74) is 1.86. The molecular weight excluding hydrogens is 316 g/mol. The molecule has 0 radical (unpaired) electrons. The summed E-state index contributed by atoms with van der Waals surface area (Å²) in [4.78, 5) is 14.5. The van der Waals surface area contributed by atoms with Crippen molar-refractivity contribution in [3.05, 3.63) is 47.0 Å². The zero-order valence-corrected chi connectivity index (χ0v) is 14.3. The Labute approximate surface area is 140 Å². The number of methoxy groups -OCH3 is 2. The highest BCUT2D eigenvalue weighted by atomic mass is 35.5. The number of benzene rings is 2. The van der Waals surface area contributed by atoms with Gasteiger partial charge in [0.15, 0.2) is 11.5 Å². The number of hydrogen-bond acceptors (Lipinski definition) is 4. The number of nitrogens with one attached hydrogen (secondary N) is 1. The molecule has 0 aliphatic heterocycles. The maximum atomic E-state index is 12.6. The van der Waals surface area contributed by atoms with Crippen molar-refractivity contribution in [1.29, 1.82) is 0 Å². The fraction of sp³-hybridized carbons (Fsp3) is 0.235. The van der Waals surface area contributed by atoms with Crippen LogP contribution in [0.5, 0.6) is 11.5 Å². The number of ether oxygens (including phenoxy) is 2. The Kier molecular flexibility index (Phi) is 5.34. The lowest BCUT2D eigenvalue weighted by Gasteiger charge is -2.19. The molecule has 0 bridgehead atoms. The number of nitrogens with zero attached hydrogens (tertiary/aromatic N) is 1. The Balaban J connectivity index is 2.39. The van der Waals surface area contributed by atoms with Crippen molar-refractivity contribution in [3.8, 4) is 11.5 Å². The summed E-state index contributed by atoms with van der Waals surface area (Å²) in [6, 6.07) is 10.5. The lowest BCUT2D eigenvalue weighted by Crippen LogP contribution is -2.17. The van der Waals surface area contributed by atoms with Crippen LogP contribution in [0.3, 0.4) is 0 Å². The van der Waals surface area contributed by atoms with Gasteiger partial charge < -0.3 is 19.7 Å². The molecule has 23 heavy (non-hydrogen) atoms. The smallest absolute Gasteiger partial charge is 0.259 e. The molecule has 0 unspecified atom stereocenters. The normalized spacial score (nSPS) is 10.1. The summed E-state index contributed by atoms with van der Waals surface area (Å²) in [6.07, 6.45) is 0. The molecule has 122 valence electrons. The highest BCUT2D eigenvalue weighted by Crippen LogP contribution is 2.33. The van der Waals surface area contributed by atoms with E-state index in [1.807, 2.05) is 25.1 Å². The summed E-state index contributed by atoms with van der Waals surface area (Å²) >= 11 is 6.04. The number of rotatable bonds is 5. The van der Waals surface area contributed by atoms with Gasteiger partial charge in [-0.3, -0.25) is 4.79 Å². The van der Waals surface area contributed by atoms with Gasteiger partial charge in [0, 0.05) is 19.1 Å². The van der Waals surface area contributed by atoms with E-state index in [2.05, 4.69) is 5.32 Å². The van der Waals surface area contributed by atoms with Crippen molar-refractivity contribution in [2.24, 2.45) is 0 Å². The molecular formula is C17H19ClN2O3. The van der Waals surface area contributed by atoms with Crippen molar-refractivity contribution >= 4 is 28.9 Å². The number of carbonyl (C=O) groups excluding carboxylic acids is 1. The van der Waals surface area contributed by atoms with Crippen molar-refractivity contribution in [1.82, 2.24) is 0 Å². The van der Waals surface area contributed by atoms with E-state index in [9.17, 15) is 4.79 Å². The Morgan fingerprint density at radius 3 is 2.48 bits per heavy atom. The predicted molar refractivity (Wildman–Crippen MR) is 93.3 cm³/mol. The number of anilines is 2. The molecule has 0 heterocycles. The minimum Gasteiger partial charge on any atom is -0.493 e. The molecule has 0 atom stereocenters. The second-order valence-electron chi connectivity index (χ2n) is 5.05. The Morgan fingerprint density at radius 1 is 1.13 bits per heavy atom. The van der Waals surface area contributed by atoms with Crippen LogP contribution < -0.4 is 19.7 Å². The lowest BCUT2D eigenvalue weighted by molar-refractivity contribution is 0.102. The first-order chi connectivity index (χ1) is 11.0. The summed E-state index contributed by atoms with van der Waals surface area (Å²) in [5.74, 6) is 0.589. The van der Waals surface area contributed by atoms with Gasteiger partial charge in [-0.1, -0.05) is 17.7 Å². The summed E-state index contributed by atoms with van der Waals surface area (Å²) in [6.45, 7) is 0. The minimum atomic E-state index is -0.300. The van der Waals surface area contributed by atoms with Gasteiger partial charge in [-0.25, -0.2) is 0 Å². The fourth-order valence-electron chi connectivity index (χ4n) is 2.25. The Bertz CT molecular complexity index is 717. The fourth-order valence-corrected chi connectivity index (χ4v) is 2.43. The van der Waals surface area contributed by atoms with E-state index in [0.717, 1.165) is 5.69 Å². The Morgan fingerprint density at radius 2 is 1.87 bits per heavy atom. The monoisotopic (exact) mass is 334 g/mol. The van der Waals surface area contributed by atoms with Crippen LogP contribution in [-0.4, -0.2) is 34.2 Å². The van der Waals surface area contributed by atoms with Gasteiger partial charge in [-0.2, -0.15) is 0 Å². The van der Waals surface area contributed by atoms with Crippen LogP contribution in [0.2, 0.25) is 5.02 Å². The van der Waals surface area contributed by atoms with Crippen LogP contribution in [0.1, 0.15) is 10.4 Å². The maximum absolute atomic E-state index is 12.6. The topological polar surface area (TPSA) is 50.8 Å². The molecule has 0 aliphatic carbocycles. The van der Waals surface area contributed by atoms with E-state index >= 15 is 0 Å². The van der Waals surface area contributed by atoms with Gasteiger partial charge in [-0.05, 0) is 30.3 Å².